The topological polar surface area (TPSA) is 181 Å². The van der Waals surface area contributed by atoms with Crippen LogP contribution in [0.5, 0.6) is 0 Å². The van der Waals surface area contributed by atoms with E-state index in [1.807, 2.05) is 48.5 Å². The number of benzene rings is 4. The Balaban J connectivity index is 1.01. The largest absolute Gasteiger partial charge is 0.378 e. The maximum Gasteiger partial charge on any atom is 0.274 e. The zero-order chi connectivity index (χ0) is 41.2. The smallest absolute Gasteiger partial charge is 0.274 e. The number of hydrogen-bond acceptors (Lipinski definition) is 11. The van der Waals surface area contributed by atoms with Crippen molar-refractivity contribution in [3.63, 3.8) is 0 Å². The molecule has 15 nitrogen and oxygen atoms in total. The van der Waals surface area contributed by atoms with E-state index in [0.717, 1.165) is 17.2 Å². The zero-order valence-corrected chi connectivity index (χ0v) is 33.9. The zero-order valence-electron chi connectivity index (χ0n) is 33.1. The van der Waals surface area contributed by atoms with Gasteiger partial charge in [-0.2, -0.15) is 8.42 Å². The monoisotopic (exact) mass is 816 g/mol. The van der Waals surface area contributed by atoms with Crippen LogP contribution < -0.4 is 9.86 Å². The van der Waals surface area contributed by atoms with E-state index in [9.17, 15) is 27.6 Å². The van der Waals surface area contributed by atoms with E-state index in [2.05, 4.69) is 28.4 Å². The average Bonchev–Trinajstić information content (AvgIpc) is 3.20. The lowest BCUT2D eigenvalue weighted by molar-refractivity contribution is 0.0109. The highest BCUT2D eigenvalue weighted by molar-refractivity contribution is 7.87. The number of imide groups is 2. The van der Waals surface area contributed by atoms with Crippen LogP contribution in [0.2, 0.25) is 0 Å². The van der Waals surface area contributed by atoms with Crippen LogP contribution in [0.25, 0.3) is 21.5 Å². The van der Waals surface area contributed by atoms with Gasteiger partial charge in [-0.15, -0.1) is 0 Å². The molecule has 58 heavy (non-hydrogen) atoms. The van der Waals surface area contributed by atoms with Gasteiger partial charge < -0.3 is 14.2 Å². The summed E-state index contributed by atoms with van der Waals surface area (Å²) >= 11 is 0. The fraction of sp³-hybridized carbons (Fsp3) is 0.429. The Labute approximate surface area is 339 Å². The van der Waals surface area contributed by atoms with Crippen LogP contribution in [-0.2, 0) is 24.4 Å². The molecular formula is C42H52N6O9S. The second-order valence-corrected chi connectivity index (χ2v) is 15.9. The summed E-state index contributed by atoms with van der Waals surface area (Å²) in [6, 6.07) is 22.2. The van der Waals surface area contributed by atoms with Gasteiger partial charge in [0.15, 0.2) is 0 Å². The first-order chi connectivity index (χ1) is 27.9. The molecule has 2 heterocycles. The van der Waals surface area contributed by atoms with Gasteiger partial charge in [-0.05, 0) is 68.4 Å². The highest BCUT2D eigenvalue weighted by Crippen LogP contribution is 2.31. The summed E-state index contributed by atoms with van der Waals surface area (Å²) in [6.07, 6.45) is 0.752. The number of carbonyl (C=O) groups excluding carboxylic acids is 4. The molecule has 0 bridgehead atoms. The molecular weight excluding hydrogens is 765 g/mol. The van der Waals surface area contributed by atoms with Crippen molar-refractivity contribution in [3.8, 4) is 0 Å². The summed E-state index contributed by atoms with van der Waals surface area (Å²) in [5.74, 6) is -1.17. The van der Waals surface area contributed by atoms with Crippen LogP contribution in [0, 0.1) is 0 Å². The van der Waals surface area contributed by atoms with Crippen molar-refractivity contribution in [2.45, 2.75) is 26.3 Å². The maximum atomic E-state index is 13.6. The van der Waals surface area contributed by atoms with E-state index in [-0.39, 0.29) is 62.5 Å². The Hall–Kier alpha value is -4.65. The normalized spacial score (nSPS) is 14.4. The van der Waals surface area contributed by atoms with Gasteiger partial charge in [0, 0.05) is 78.3 Å². The fourth-order valence-corrected chi connectivity index (χ4v) is 7.86. The molecule has 4 aromatic carbocycles. The molecule has 2 aliphatic heterocycles. The highest BCUT2D eigenvalue weighted by Gasteiger charge is 2.34. The number of nitrogens with zero attached hydrogens (tertiary/aromatic N) is 4. The van der Waals surface area contributed by atoms with E-state index < -0.39 is 10.2 Å². The summed E-state index contributed by atoms with van der Waals surface area (Å²) in [7, 11) is -3.75. The predicted octanol–water partition coefficient (Wildman–Crippen LogP) is 3.13. The molecule has 0 unspecified atom stereocenters. The van der Waals surface area contributed by atoms with Crippen LogP contribution in [0.3, 0.4) is 0 Å². The number of ether oxygens (including phenoxy) is 3. The molecule has 0 aromatic heterocycles. The average molecular weight is 817 g/mol. The van der Waals surface area contributed by atoms with Crippen molar-refractivity contribution in [2.75, 3.05) is 92.0 Å². The predicted molar refractivity (Wildman–Crippen MR) is 220 cm³/mol. The molecule has 0 fully saturated rings. The van der Waals surface area contributed by atoms with E-state index in [0.29, 0.717) is 92.2 Å². The van der Waals surface area contributed by atoms with E-state index in [1.165, 1.54) is 9.80 Å². The van der Waals surface area contributed by atoms with Gasteiger partial charge in [0.2, 0.25) is 0 Å². The van der Waals surface area contributed by atoms with Gasteiger partial charge >= 0.3 is 0 Å². The molecule has 3 N–H and O–H groups in total. The van der Waals surface area contributed by atoms with Gasteiger partial charge in [-0.25, -0.2) is 9.86 Å². The van der Waals surface area contributed by atoms with Crippen molar-refractivity contribution < 1.29 is 41.8 Å². The van der Waals surface area contributed by atoms with E-state index >= 15 is 0 Å². The molecule has 16 heteroatoms. The Kier molecular flexibility index (Phi) is 14.7. The minimum absolute atomic E-state index is 0.0743. The number of amides is 4. The third-order valence-corrected chi connectivity index (χ3v) is 11.1. The Morgan fingerprint density at radius 3 is 1.47 bits per heavy atom. The van der Waals surface area contributed by atoms with Gasteiger partial charge in [0.25, 0.3) is 33.8 Å². The molecule has 2 aliphatic rings. The molecule has 0 saturated carbocycles. The van der Waals surface area contributed by atoms with Crippen molar-refractivity contribution in [1.82, 2.24) is 24.3 Å². The van der Waals surface area contributed by atoms with Crippen LogP contribution in [-0.4, -0.2) is 150 Å². The highest BCUT2D eigenvalue weighted by atomic mass is 32.2. The van der Waals surface area contributed by atoms with Crippen molar-refractivity contribution in [2.24, 2.45) is 5.14 Å². The molecule has 0 aliphatic carbocycles. The number of rotatable bonds is 24. The fourth-order valence-electron chi connectivity index (χ4n) is 7.49. The summed E-state index contributed by atoms with van der Waals surface area (Å²) in [5, 5.41) is 8.02. The first kappa shape index (κ1) is 42.9. The first-order valence-electron chi connectivity index (χ1n) is 19.7. The van der Waals surface area contributed by atoms with Crippen LogP contribution in [0.4, 0.5) is 0 Å². The SMILES string of the molecule is CC(C)N(CCCN(CCOCCOCCOCCNS(N)(=O)=O)CCN1C(=O)c2cccc3cccc(c23)C1=O)CCN1C(=O)c2cccc3cccc(c23)C1=O. The van der Waals surface area contributed by atoms with Gasteiger partial charge in [-0.3, -0.25) is 38.8 Å². The lowest BCUT2D eigenvalue weighted by atomic mass is 9.94. The number of carbonyl (C=O) groups is 4. The Bertz CT molecular complexity index is 2130. The van der Waals surface area contributed by atoms with Crippen LogP contribution >= 0.6 is 0 Å². The lowest BCUT2D eigenvalue weighted by Gasteiger charge is -2.33. The van der Waals surface area contributed by atoms with Crippen molar-refractivity contribution in [3.05, 3.63) is 95.1 Å². The van der Waals surface area contributed by atoms with Gasteiger partial charge in [-0.1, -0.05) is 48.5 Å². The first-order valence-corrected chi connectivity index (χ1v) is 21.2. The molecule has 310 valence electrons. The molecule has 4 amide bonds. The van der Waals surface area contributed by atoms with E-state index in [1.54, 1.807) is 24.3 Å². The molecule has 0 saturated heterocycles. The molecule has 0 atom stereocenters. The van der Waals surface area contributed by atoms with Crippen molar-refractivity contribution >= 4 is 55.4 Å². The Morgan fingerprint density at radius 2 is 1.02 bits per heavy atom. The van der Waals surface area contributed by atoms with E-state index in [4.69, 9.17) is 19.3 Å². The van der Waals surface area contributed by atoms with Gasteiger partial charge in [0.1, 0.15) is 0 Å². The molecule has 6 rings (SSSR count). The summed E-state index contributed by atoms with van der Waals surface area (Å²) in [5.41, 5.74) is 2.13. The lowest BCUT2D eigenvalue weighted by Crippen LogP contribution is -2.47. The molecule has 0 spiro atoms. The van der Waals surface area contributed by atoms with Crippen molar-refractivity contribution in [1.29, 1.82) is 0 Å². The van der Waals surface area contributed by atoms with Crippen LogP contribution in [0.15, 0.2) is 72.8 Å². The number of nitrogens with one attached hydrogen (secondary N) is 1. The molecule has 4 aromatic rings. The minimum Gasteiger partial charge on any atom is -0.378 e. The standard InChI is InChI=1S/C42H52N6O9S/c1-30(2)46(20-22-48-41(51)35-14-5-10-32-11-6-15-36(38(32)35)42(48)52)18-7-17-45(23-25-56-27-29-57-28-26-55-24-16-44-58(43,53)54)19-21-47-39(49)33-12-3-8-31-9-4-13-34(37(31)33)40(47)50/h3-6,8-15,30,44H,7,16-29H2,1-2H3,(H2,43,53,54). The van der Waals surface area contributed by atoms with Gasteiger partial charge in [0.05, 0.1) is 39.6 Å². The maximum absolute atomic E-state index is 13.6. The Morgan fingerprint density at radius 1 is 0.586 bits per heavy atom. The third-order valence-electron chi connectivity index (χ3n) is 10.5. The second-order valence-electron chi connectivity index (χ2n) is 14.5. The number of nitrogens with two attached hydrogens (primary N) is 1. The third kappa shape index (κ3) is 10.5. The summed E-state index contributed by atoms with van der Waals surface area (Å²) < 4.78 is 40.7. The number of hydrogen-bond donors (Lipinski definition) is 2. The molecule has 0 radical (unpaired) electrons. The summed E-state index contributed by atoms with van der Waals surface area (Å²) in [6.45, 7) is 9.42. The quantitative estimate of drug-likeness (QED) is 0.0784. The van der Waals surface area contributed by atoms with Crippen LogP contribution in [0.1, 0.15) is 61.7 Å². The minimum atomic E-state index is -3.75. The second kappa shape index (κ2) is 19.9. The summed E-state index contributed by atoms with van der Waals surface area (Å²) in [4.78, 5) is 61.4.